The van der Waals surface area contributed by atoms with E-state index in [4.69, 9.17) is 24.0 Å². The number of aryl methyl sites for hydroxylation is 1. The second-order valence-electron chi connectivity index (χ2n) is 15.0. The first kappa shape index (κ1) is 39.1. The summed E-state index contributed by atoms with van der Waals surface area (Å²) in [6, 6.07) is 12.6. The number of hydrogen-bond acceptors (Lipinski definition) is 11. The van der Waals surface area contributed by atoms with Crippen LogP contribution in [0.4, 0.5) is 18.9 Å². The standard InChI is InChI=1S/C40H43F3N8O7/c1-49-36-27(46-39(49)58-32-13-14-35(52)47-38(32)54)5-3-7-31(36)57-22-26-21-50(15-16-56-26)19-23-9-11-25(12-10-23)51-20-24-17-30(33(55-2)18-29(24)48-51)45-37(53)28-6-4-8-34(44-28)40(41,42)43/h3-8,17-18,20,23,25-26,32H,9-16,19,21-22H2,1-2H3,(H,45,53)(H,47,52,54)/t23?,25?,26-,32?/m0/s1. The summed E-state index contributed by atoms with van der Waals surface area (Å²) in [5.41, 5.74) is 0.868. The van der Waals surface area contributed by atoms with Crippen LogP contribution in [-0.2, 0) is 27.5 Å². The van der Waals surface area contributed by atoms with Crippen molar-refractivity contribution in [1.82, 2.24) is 34.5 Å². The van der Waals surface area contributed by atoms with E-state index >= 15 is 0 Å². The first-order valence-electron chi connectivity index (χ1n) is 19.3. The van der Waals surface area contributed by atoms with Crippen LogP contribution in [0, 0.1) is 5.92 Å². The van der Waals surface area contributed by atoms with Crippen LogP contribution in [0.5, 0.6) is 17.5 Å². The molecular weight excluding hydrogens is 761 g/mol. The molecule has 5 aromatic rings. The third-order valence-corrected chi connectivity index (χ3v) is 11.0. The molecule has 2 saturated heterocycles. The number of morpholine rings is 1. The molecule has 306 valence electrons. The van der Waals surface area contributed by atoms with Gasteiger partial charge in [0.15, 0.2) is 6.10 Å². The number of carbonyl (C=O) groups is 3. The fraction of sp³-hybridized carbons (Fsp3) is 0.450. The van der Waals surface area contributed by atoms with Crippen LogP contribution in [0.1, 0.15) is 60.7 Å². The van der Waals surface area contributed by atoms with Crippen molar-refractivity contribution in [1.29, 1.82) is 0 Å². The number of rotatable bonds is 11. The number of imidazole rings is 1. The third kappa shape index (κ3) is 8.43. The lowest BCUT2D eigenvalue weighted by Gasteiger charge is -2.37. The molecule has 0 bridgehead atoms. The molecule has 0 radical (unpaired) electrons. The highest BCUT2D eigenvalue weighted by Gasteiger charge is 2.34. The number of alkyl halides is 3. The monoisotopic (exact) mass is 804 g/mol. The summed E-state index contributed by atoms with van der Waals surface area (Å²) in [5.74, 6) is -0.0979. The van der Waals surface area contributed by atoms with Crippen LogP contribution in [0.2, 0.25) is 0 Å². The largest absolute Gasteiger partial charge is 0.494 e. The molecule has 2 aromatic carbocycles. The van der Waals surface area contributed by atoms with Crippen molar-refractivity contribution in [2.24, 2.45) is 13.0 Å². The number of nitrogens with one attached hydrogen (secondary N) is 2. The van der Waals surface area contributed by atoms with Crippen molar-refractivity contribution in [3.63, 3.8) is 0 Å². The molecule has 0 spiro atoms. The molecular formula is C40H43F3N8O7. The number of imide groups is 1. The number of benzene rings is 2. The Hall–Kier alpha value is -5.75. The van der Waals surface area contributed by atoms with Crippen LogP contribution in [0.15, 0.2) is 54.7 Å². The second-order valence-corrected chi connectivity index (χ2v) is 15.0. The van der Waals surface area contributed by atoms with Gasteiger partial charge in [-0.15, -0.1) is 0 Å². The summed E-state index contributed by atoms with van der Waals surface area (Å²) in [6.07, 6.45) is 0.776. The number of fused-ring (bicyclic) bond motifs is 2. The summed E-state index contributed by atoms with van der Waals surface area (Å²) in [5, 5.41) is 10.5. The van der Waals surface area contributed by atoms with Gasteiger partial charge in [-0.3, -0.25) is 33.8 Å². The summed E-state index contributed by atoms with van der Waals surface area (Å²) >= 11 is 0. The van der Waals surface area contributed by atoms with Gasteiger partial charge in [0.25, 0.3) is 17.8 Å². The van der Waals surface area contributed by atoms with Crippen LogP contribution in [0.25, 0.3) is 21.9 Å². The molecule has 2 aliphatic heterocycles. The maximum absolute atomic E-state index is 13.2. The number of nitrogens with zero attached hydrogens (tertiary/aromatic N) is 6. The van der Waals surface area contributed by atoms with E-state index in [1.165, 1.54) is 13.2 Å². The van der Waals surface area contributed by atoms with Crippen molar-refractivity contribution >= 4 is 45.3 Å². The van der Waals surface area contributed by atoms with Gasteiger partial charge in [-0.1, -0.05) is 12.1 Å². The van der Waals surface area contributed by atoms with E-state index in [-0.39, 0.29) is 42.6 Å². The lowest BCUT2D eigenvalue weighted by molar-refractivity contribution is -0.141. The van der Waals surface area contributed by atoms with Gasteiger partial charge in [0.05, 0.1) is 36.5 Å². The van der Waals surface area contributed by atoms with E-state index in [2.05, 4.69) is 25.5 Å². The maximum atomic E-state index is 13.2. The molecule has 3 aromatic heterocycles. The van der Waals surface area contributed by atoms with E-state index in [0.29, 0.717) is 47.4 Å². The minimum atomic E-state index is -4.67. The maximum Gasteiger partial charge on any atom is 0.433 e. The number of piperidine rings is 1. The highest BCUT2D eigenvalue weighted by molar-refractivity contribution is 6.05. The second kappa shape index (κ2) is 16.2. The van der Waals surface area contributed by atoms with Gasteiger partial charge in [-0.25, -0.2) is 4.98 Å². The zero-order valence-electron chi connectivity index (χ0n) is 32.0. The minimum absolute atomic E-state index is 0.128. The predicted molar refractivity (Wildman–Crippen MR) is 204 cm³/mol. The molecule has 3 fully saturated rings. The summed E-state index contributed by atoms with van der Waals surface area (Å²) in [6.45, 7) is 3.48. The Bertz CT molecular complexity index is 2340. The van der Waals surface area contributed by atoms with Crippen molar-refractivity contribution in [3.8, 4) is 17.5 Å². The molecule has 58 heavy (non-hydrogen) atoms. The summed E-state index contributed by atoms with van der Waals surface area (Å²) < 4.78 is 67.1. The smallest absolute Gasteiger partial charge is 0.433 e. The van der Waals surface area contributed by atoms with Crippen molar-refractivity contribution in [2.75, 3.05) is 45.3 Å². The number of para-hydroxylation sites is 1. The van der Waals surface area contributed by atoms with Gasteiger partial charge in [0.1, 0.15) is 41.1 Å². The lowest BCUT2D eigenvalue weighted by atomic mass is 9.85. The van der Waals surface area contributed by atoms with Crippen LogP contribution < -0.4 is 24.8 Å². The number of aromatic nitrogens is 5. The fourth-order valence-electron chi connectivity index (χ4n) is 7.96. The molecule has 2 N–H and O–H groups in total. The Morgan fingerprint density at radius 3 is 2.60 bits per heavy atom. The first-order valence-corrected chi connectivity index (χ1v) is 19.3. The molecule has 1 saturated carbocycles. The normalized spacial score (nSPS) is 21.9. The molecule has 15 nitrogen and oxygen atoms in total. The van der Waals surface area contributed by atoms with Gasteiger partial charge in [0.2, 0.25) is 5.91 Å². The lowest BCUT2D eigenvalue weighted by Crippen LogP contribution is -2.47. The first-order chi connectivity index (χ1) is 27.9. The topological polar surface area (TPSA) is 164 Å². The zero-order chi connectivity index (χ0) is 40.6. The SMILES string of the molecule is COc1cc2nn(C3CCC(CN4CCO[C@H](COc5cccc6nc(OC7CCC(=O)NC7=O)n(C)c56)C4)CC3)cc2cc1NC(=O)c1cccc(C(F)(F)F)n1. The van der Waals surface area contributed by atoms with Crippen molar-refractivity contribution < 1.29 is 46.5 Å². The predicted octanol–water partition coefficient (Wildman–Crippen LogP) is 5.29. The number of pyridine rings is 1. The number of halogens is 3. The third-order valence-electron chi connectivity index (χ3n) is 11.0. The molecule has 3 aliphatic rings. The van der Waals surface area contributed by atoms with Gasteiger partial charge >= 0.3 is 6.18 Å². The quantitative estimate of drug-likeness (QED) is 0.167. The number of amides is 3. The average Bonchev–Trinajstić information content (AvgIpc) is 3.77. The summed E-state index contributed by atoms with van der Waals surface area (Å²) in [7, 11) is 3.25. The zero-order valence-corrected chi connectivity index (χ0v) is 32.0. The Kier molecular flexibility index (Phi) is 11.0. The van der Waals surface area contributed by atoms with E-state index < -0.39 is 29.8 Å². The van der Waals surface area contributed by atoms with Gasteiger partial charge in [0, 0.05) is 57.2 Å². The van der Waals surface area contributed by atoms with E-state index in [9.17, 15) is 27.6 Å². The highest BCUT2D eigenvalue weighted by atomic mass is 19.4. The Morgan fingerprint density at radius 2 is 1.83 bits per heavy atom. The molecule has 18 heteroatoms. The van der Waals surface area contributed by atoms with E-state index in [1.54, 1.807) is 23.7 Å². The number of ether oxygens (including phenoxy) is 4. The molecule has 3 amide bonds. The van der Waals surface area contributed by atoms with Crippen LogP contribution >= 0.6 is 0 Å². The molecule has 8 rings (SSSR count). The number of hydrogen-bond donors (Lipinski definition) is 2. The molecule has 1 unspecified atom stereocenters. The fourth-order valence-corrected chi connectivity index (χ4v) is 7.96. The highest BCUT2D eigenvalue weighted by Crippen LogP contribution is 2.36. The average molecular weight is 805 g/mol. The van der Waals surface area contributed by atoms with Crippen LogP contribution in [-0.4, -0.2) is 99.1 Å². The molecule has 1 aliphatic carbocycles. The van der Waals surface area contributed by atoms with Crippen LogP contribution in [0.3, 0.4) is 0 Å². The van der Waals surface area contributed by atoms with Gasteiger partial charge in [-0.2, -0.15) is 23.3 Å². The van der Waals surface area contributed by atoms with Gasteiger partial charge in [-0.05, 0) is 61.9 Å². The summed E-state index contributed by atoms with van der Waals surface area (Å²) in [4.78, 5) is 47.2. The Morgan fingerprint density at radius 1 is 1.02 bits per heavy atom. The minimum Gasteiger partial charge on any atom is -0.494 e. The molecule has 5 heterocycles. The van der Waals surface area contributed by atoms with Gasteiger partial charge < -0.3 is 24.3 Å². The number of methoxy groups -OCH3 is 1. The van der Waals surface area contributed by atoms with E-state index in [1.807, 2.05) is 29.1 Å². The number of anilines is 1. The van der Waals surface area contributed by atoms with Crippen molar-refractivity contribution in [2.45, 2.75) is 63.0 Å². The molecule has 2 atom stereocenters. The Labute approximate surface area is 330 Å². The number of carbonyl (C=O) groups excluding carboxylic acids is 3. The van der Waals surface area contributed by atoms with Crippen molar-refractivity contribution in [3.05, 3.63) is 66.1 Å². The Balaban J connectivity index is 0.843. The van der Waals surface area contributed by atoms with E-state index in [0.717, 1.165) is 68.4 Å².